The molecule has 0 radical (unpaired) electrons. The second-order valence-electron chi connectivity index (χ2n) is 6.26. The summed E-state index contributed by atoms with van der Waals surface area (Å²) < 4.78 is 5.70. The van der Waals surface area contributed by atoms with Gasteiger partial charge in [-0.2, -0.15) is 0 Å². The quantitative estimate of drug-likeness (QED) is 0.743. The van der Waals surface area contributed by atoms with Crippen molar-refractivity contribution in [2.24, 2.45) is 0 Å². The van der Waals surface area contributed by atoms with Crippen molar-refractivity contribution in [3.63, 3.8) is 0 Å². The number of rotatable bonds is 8. The smallest absolute Gasteiger partial charge is 0.183 e. The number of aromatic carboxylic acids is 1. The van der Waals surface area contributed by atoms with Gasteiger partial charge in [-0.3, -0.25) is 0 Å². The Balaban J connectivity index is 1.82. The number of ether oxygens (including phenoxy) is 1. The molecule has 1 aromatic heterocycles. The molecular formula is C18H23N2O3S-. The van der Waals surface area contributed by atoms with Crippen molar-refractivity contribution in [3.8, 4) is 5.75 Å². The first-order valence-corrected chi connectivity index (χ1v) is 8.81. The van der Waals surface area contributed by atoms with E-state index in [0.29, 0.717) is 24.0 Å². The van der Waals surface area contributed by atoms with E-state index in [1.807, 2.05) is 12.1 Å². The van der Waals surface area contributed by atoms with E-state index in [0.717, 1.165) is 23.5 Å². The van der Waals surface area contributed by atoms with Gasteiger partial charge < -0.3 is 20.0 Å². The minimum Gasteiger partial charge on any atom is -0.544 e. The van der Waals surface area contributed by atoms with Gasteiger partial charge >= 0.3 is 0 Å². The number of aromatic nitrogens is 1. The van der Waals surface area contributed by atoms with Gasteiger partial charge in [-0.05, 0) is 36.5 Å². The van der Waals surface area contributed by atoms with Crippen molar-refractivity contribution >= 4 is 22.4 Å². The number of anilines is 1. The van der Waals surface area contributed by atoms with Gasteiger partial charge in [-0.1, -0.05) is 44.2 Å². The highest BCUT2D eigenvalue weighted by Gasteiger charge is 2.17. The molecule has 5 nitrogen and oxygen atoms in total. The van der Waals surface area contributed by atoms with Gasteiger partial charge in [0.15, 0.2) is 5.13 Å². The lowest BCUT2D eigenvalue weighted by molar-refractivity contribution is -0.254. The lowest BCUT2D eigenvalue weighted by atomic mass is 9.82. The highest BCUT2D eigenvalue weighted by molar-refractivity contribution is 7.17. The normalized spacial score (nSPS) is 11.3. The minimum atomic E-state index is -1.19. The topological polar surface area (TPSA) is 74.3 Å². The second-order valence-corrected chi connectivity index (χ2v) is 7.26. The van der Waals surface area contributed by atoms with E-state index in [4.69, 9.17) is 4.74 Å². The largest absolute Gasteiger partial charge is 0.544 e. The van der Waals surface area contributed by atoms with Crippen LogP contribution in [-0.2, 0) is 5.41 Å². The molecule has 0 atom stereocenters. The zero-order valence-electron chi connectivity index (χ0n) is 14.5. The van der Waals surface area contributed by atoms with E-state index >= 15 is 0 Å². The van der Waals surface area contributed by atoms with Gasteiger partial charge in [0.25, 0.3) is 0 Å². The summed E-state index contributed by atoms with van der Waals surface area (Å²) in [6.45, 7) is 9.30. The maximum absolute atomic E-state index is 10.9. The highest BCUT2D eigenvalue weighted by Crippen LogP contribution is 2.28. The monoisotopic (exact) mass is 347 g/mol. The minimum absolute atomic E-state index is 0.160. The lowest BCUT2D eigenvalue weighted by Gasteiger charge is -2.23. The Bertz CT molecular complexity index is 693. The number of aryl methyl sites for hydroxylation is 1. The van der Waals surface area contributed by atoms with E-state index in [1.54, 1.807) is 6.92 Å². The first kappa shape index (κ1) is 18.3. The maximum Gasteiger partial charge on any atom is 0.183 e. The number of nitrogens with zero attached hydrogens (tertiary/aromatic N) is 1. The molecule has 0 fully saturated rings. The van der Waals surface area contributed by atoms with Crippen LogP contribution in [-0.4, -0.2) is 24.1 Å². The predicted octanol–water partition coefficient (Wildman–Crippen LogP) is 2.99. The molecule has 130 valence electrons. The summed E-state index contributed by atoms with van der Waals surface area (Å²) in [7, 11) is 0. The summed E-state index contributed by atoms with van der Waals surface area (Å²) in [6.07, 6.45) is 1.08. The molecular weight excluding hydrogens is 324 g/mol. The average molecular weight is 347 g/mol. The number of benzene rings is 1. The molecule has 2 aromatic rings. The van der Waals surface area contributed by atoms with Crippen LogP contribution in [0.4, 0.5) is 5.13 Å². The van der Waals surface area contributed by atoms with Gasteiger partial charge in [0.05, 0.1) is 23.1 Å². The SMILES string of the molecule is CCC(C)(C)c1ccc(OCCNc2nc(C)c(C(=O)[O-])s2)cc1. The number of hydrogen-bond acceptors (Lipinski definition) is 6. The van der Waals surface area contributed by atoms with Crippen molar-refractivity contribution in [3.05, 3.63) is 40.4 Å². The number of hydrogen-bond donors (Lipinski definition) is 1. The fourth-order valence-corrected chi connectivity index (χ4v) is 3.02. The number of carboxylic acid groups (broad SMARTS) is 1. The van der Waals surface area contributed by atoms with Crippen LogP contribution in [0.25, 0.3) is 0 Å². The van der Waals surface area contributed by atoms with Crippen LogP contribution in [0, 0.1) is 6.92 Å². The Labute approximate surface area is 146 Å². The number of carbonyl (C=O) groups is 1. The third-order valence-corrected chi connectivity index (χ3v) is 5.24. The van der Waals surface area contributed by atoms with E-state index < -0.39 is 5.97 Å². The average Bonchev–Trinajstić information content (AvgIpc) is 2.93. The Morgan fingerprint density at radius 2 is 2.00 bits per heavy atom. The van der Waals surface area contributed by atoms with Crippen molar-refractivity contribution in [1.82, 2.24) is 4.98 Å². The van der Waals surface area contributed by atoms with Gasteiger partial charge in [0, 0.05) is 0 Å². The van der Waals surface area contributed by atoms with Crippen molar-refractivity contribution in [1.29, 1.82) is 0 Å². The van der Waals surface area contributed by atoms with Gasteiger partial charge in [0.2, 0.25) is 0 Å². The Morgan fingerprint density at radius 1 is 1.33 bits per heavy atom. The first-order valence-electron chi connectivity index (χ1n) is 7.99. The fraction of sp³-hybridized carbons (Fsp3) is 0.444. The molecule has 1 N–H and O–H groups in total. The number of carbonyl (C=O) groups excluding carboxylic acids is 1. The molecule has 0 spiro atoms. The van der Waals surface area contributed by atoms with Crippen molar-refractivity contribution < 1.29 is 14.6 Å². The number of carboxylic acids is 1. The zero-order chi connectivity index (χ0) is 17.7. The Kier molecular flexibility index (Phi) is 5.83. The molecule has 0 aliphatic carbocycles. The molecule has 0 aliphatic heterocycles. The number of nitrogens with one attached hydrogen (secondary N) is 1. The van der Waals surface area contributed by atoms with Crippen molar-refractivity contribution in [2.75, 3.05) is 18.5 Å². The van der Waals surface area contributed by atoms with Crippen LogP contribution in [0.1, 0.15) is 48.1 Å². The van der Waals surface area contributed by atoms with Crippen LogP contribution in [0.5, 0.6) is 5.75 Å². The van der Waals surface area contributed by atoms with Crippen LogP contribution < -0.4 is 15.2 Å². The Hall–Kier alpha value is -2.08. The summed E-state index contributed by atoms with van der Waals surface area (Å²) in [6, 6.07) is 8.16. The Morgan fingerprint density at radius 3 is 2.54 bits per heavy atom. The molecule has 0 amide bonds. The summed E-state index contributed by atoms with van der Waals surface area (Å²) in [5.41, 5.74) is 1.93. The molecule has 0 aliphatic rings. The molecule has 0 unspecified atom stereocenters. The van der Waals surface area contributed by atoms with Crippen LogP contribution >= 0.6 is 11.3 Å². The third-order valence-electron chi connectivity index (χ3n) is 4.15. The summed E-state index contributed by atoms with van der Waals surface area (Å²) >= 11 is 1.08. The standard InChI is InChI=1S/C18H24N2O3S/c1-5-18(3,4)13-6-8-14(9-7-13)23-11-10-19-17-20-12(2)15(24-17)16(21)22/h6-9H,5,10-11H2,1-4H3,(H,19,20)(H,21,22)/p-1. The highest BCUT2D eigenvalue weighted by atomic mass is 32.1. The zero-order valence-corrected chi connectivity index (χ0v) is 15.3. The van der Waals surface area contributed by atoms with Crippen molar-refractivity contribution in [2.45, 2.75) is 39.5 Å². The molecule has 6 heteroatoms. The van der Waals surface area contributed by atoms with Crippen LogP contribution in [0.2, 0.25) is 0 Å². The third kappa shape index (κ3) is 4.47. The summed E-state index contributed by atoms with van der Waals surface area (Å²) in [5.74, 6) is -0.373. The van der Waals surface area contributed by atoms with Crippen LogP contribution in [0.3, 0.4) is 0 Å². The molecule has 0 saturated carbocycles. The lowest BCUT2D eigenvalue weighted by Crippen LogP contribution is -2.21. The van der Waals surface area contributed by atoms with Gasteiger partial charge in [0.1, 0.15) is 12.4 Å². The second kappa shape index (κ2) is 7.66. The van der Waals surface area contributed by atoms with E-state index in [2.05, 4.69) is 43.2 Å². The van der Waals surface area contributed by atoms with E-state index in [-0.39, 0.29) is 10.3 Å². The molecule has 1 heterocycles. The molecule has 0 saturated heterocycles. The van der Waals surface area contributed by atoms with Gasteiger partial charge in [-0.25, -0.2) is 4.98 Å². The van der Waals surface area contributed by atoms with E-state index in [1.165, 1.54) is 5.56 Å². The molecule has 0 bridgehead atoms. The first-order chi connectivity index (χ1) is 11.3. The summed E-state index contributed by atoms with van der Waals surface area (Å²) in [4.78, 5) is 15.2. The predicted molar refractivity (Wildman–Crippen MR) is 94.9 cm³/mol. The van der Waals surface area contributed by atoms with E-state index in [9.17, 15) is 9.90 Å². The fourth-order valence-electron chi connectivity index (χ4n) is 2.19. The van der Waals surface area contributed by atoms with Crippen LogP contribution in [0.15, 0.2) is 24.3 Å². The molecule has 2 rings (SSSR count). The van der Waals surface area contributed by atoms with Gasteiger partial charge in [-0.15, -0.1) is 0 Å². The molecule has 1 aromatic carbocycles. The maximum atomic E-state index is 10.9. The molecule has 24 heavy (non-hydrogen) atoms. The summed E-state index contributed by atoms with van der Waals surface area (Å²) in [5, 5.41) is 14.5. The number of thiazole rings is 1.